The van der Waals surface area contributed by atoms with Gasteiger partial charge in [0.1, 0.15) is 11.5 Å². The van der Waals surface area contributed by atoms with Crippen LogP contribution >= 0.6 is 15.9 Å². The number of aromatic hydroxyl groups is 1. The van der Waals surface area contributed by atoms with Gasteiger partial charge in [-0.15, -0.1) is 0 Å². The van der Waals surface area contributed by atoms with Gasteiger partial charge in [-0.1, -0.05) is 18.2 Å². The summed E-state index contributed by atoms with van der Waals surface area (Å²) in [7, 11) is 1.67. The van der Waals surface area contributed by atoms with E-state index in [1.54, 1.807) is 13.2 Å². The Bertz CT molecular complexity index is 569. The smallest absolute Gasteiger partial charge is 0.129 e. The zero-order valence-corrected chi connectivity index (χ0v) is 13.1. The minimum absolute atomic E-state index is 0.244. The molecule has 3 nitrogen and oxygen atoms in total. The number of rotatable bonds is 5. The van der Waals surface area contributed by atoms with Crippen molar-refractivity contribution in [3.8, 4) is 11.5 Å². The summed E-state index contributed by atoms with van der Waals surface area (Å²) in [5, 5.41) is 12.9. The van der Waals surface area contributed by atoms with E-state index in [-0.39, 0.29) is 11.8 Å². The molecule has 4 heteroatoms. The van der Waals surface area contributed by atoms with Crippen molar-refractivity contribution in [1.29, 1.82) is 0 Å². The Balaban J connectivity index is 1.96. The van der Waals surface area contributed by atoms with E-state index in [4.69, 9.17) is 4.74 Å². The first-order valence-electron chi connectivity index (χ1n) is 6.45. The summed E-state index contributed by atoms with van der Waals surface area (Å²) in [5.74, 6) is 1.13. The van der Waals surface area contributed by atoms with Crippen molar-refractivity contribution in [2.75, 3.05) is 7.11 Å². The fraction of sp³-hybridized carbons (Fsp3) is 0.250. The van der Waals surface area contributed by atoms with Crippen molar-refractivity contribution in [1.82, 2.24) is 5.32 Å². The number of phenolic OH excluding ortho intramolecular Hbond substituents is 1. The van der Waals surface area contributed by atoms with E-state index < -0.39 is 0 Å². The second-order valence-electron chi connectivity index (χ2n) is 4.66. The molecule has 0 amide bonds. The average molecular weight is 336 g/mol. The van der Waals surface area contributed by atoms with Crippen molar-refractivity contribution in [3.63, 3.8) is 0 Å². The fourth-order valence-electron chi connectivity index (χ4n) is 1.94. The molecule has 106 valence electrons. The molecule has 0 aliphatic heterocycles. The number of benzene rings is 2. The van der Waals surface area contributed by atoms with Crippen LogP contribution in [0.15, 0.2) is 46.9 Å². The highest BCUT2D eigenvalue weighted by Gasteiger charge is 2.06. The third-order valence-corrected chi connectivity index (χ3v) is 3.88. The normalized spacial score (nSPS) is 12.2. The highest BCUT2D eigenvalue weighted by atomic mass is 79.9. The summed E-state index contributed by atoms with van der Waals surface area (Å²) in [4.78, 5) is 0. The summed E-state index contributed by atoms with van der Waals surface area (Å²) in [6, 6.07) is 13.8. The van der Waals surface area contributed by atoms with Crippen molar-refractivity contribution >= 4 is 15.9 Å². The lowest BCUT2D eigenvalue weighted by Gasteiger charge is -2.15. The van der Waals surface area contributed by atoms with Crippen LogP contribution in [0.4, 0.5) is 0 Å². The second-order valence-corrected chi connectivity index (χ2v) is 5.52. The van der Waals surface area contributed by atoms with E-state index in [2.05, 4.69) is 40.3 Å². The number of halogens is 1. The number of ether oxygens (including phenoxy) is 1. The molecule has 0 fully saturated rings. The van der Waals surface area contributed by atoms with Gasteiger partial charge in [0.15, 0.2) is 0 Å². The lowest BCUT2D eigenvalue weighted by molar-refractivity contribution is 0.414. The molecule has 0 heterocycles. The van der Waals surface area contributed by atoms with Crippen LogP contribution in [0.25, 0.3) is 0 Å². The first kappa shape index (κ1) is 14.9. The lowest BCUT2D eigenvalue weighted by atomic mass is 10.1. The highest BCUT2D eigenvalue weighted by Crippen LogP contribution is 2.24. The molecule has 2 aromatic rings. The Kier molecular flexibility index (Phi) is 5.04. The molecular formula is C16H18BrNO2. The molecule has 0 spiro atoms. The molecule has 0 saturated carbocycles. The number of hydrogen-bond donors (Lipinski definition) is 2. The minimum atomic E-state index is 0.244. The first-order valence-corrected chi connectivity index (χ1v) is 7.24. The fourth-order valence-corrected chi connectivity index (χ4v) is 2.37. The zero-order valence-electron chi connectivity index (χ0n) is 11.6. The van der Waals surface area contributed by atoms with Crippen LogP contribution in [0.2, 0.25) is 0 Å². The quantitative estimate of drug-likeness (QED) is 0.867. The molecule has 1 atom stereocenters. The Labute approximate surface area is 127 Å². The molecular weight excluding hydrogens is 318 g/mol. The Morgan fingerprint density at radius 1 is 1.20 bits per heavy atom. The maximum absolute atomic E-state index is 9.47. The van der Waals surface area contributed by atoms with Gasteiger partial charge in [0.2, 0.25) is 0 Å². The van der Waals surface area contributed by atoms with Gasteiger partial charge in [0.05, 0.1) is 11.6 Å². The number of methoxy groups -OCH3 is 1. The van der Waals surface area contributed by atoms with Crippen molar-refractivity contribution in [3.05, 3.63) is 58.1 Å². The van der Waals surface area contributed by atoms with Gasteiger partial charge in [0.25, 0.3) is 0 Å². The van der Waals surface area contributed by atoms with E-state index in [0.717, 1.165) is 17.9 Å². The summed E-state index contributed by atoms with van der Waals surface area (Å²) in [5.41, 5.74) is 2.33. The molecule has 2 N–H and O–H groups in total. The van der Waals surface area contributed by atoms with E-state index in [1.165, 1.54) is 5.56 Å². The maximum atomic E-state index is 9.47. The molecule has 0 saturated heterocycles. The van der Waals surface area contributed by atoms with Crippen LogP contribution < -0.4 is 10.1 Å². The molecule has 0 radical (unpaired) electrons. The maximum Gasteiger partial charge on any atom is 0.129 e. The first-order chi connectivity index (χ1) is 9.60. The van der Waals surface area contributed by atoms with Crippen LogP contribution in [0, 0.1) is 0 Å². The van der Waals surface area contributed by atoms with Crippen molar-refractivity contribution in [2.24, 2.45) is 0 Å². The number of nitrogens with one attached hydrogen (secondary N) is 1. The predicted molar refractivity (Wildman–Crippen MR) is 84.1 cm³/mol. The largest absolute Gasteiger partial charge is 0.507 e. The molecule has 0 bridgehead atoms. The molecule has 2 aromatic carbocycles. The summed E-state index contributed by atoms with van der Waals surface area (Å²) in [6.07, 6.45) is 0. The second kappa shape index (κ2) is 6.77. The zero-order chi connectivity index (χ0) is 14.5. The topological polar surface area (TPSA) is 41.5 Å². The van der Waals surface area contributed by atoms with Gasteiger partial charge in [-0.05, 0) is 58.2 Å². The summed E-state index contributed by atoms with van der Waals surface area (Å²) >= 11 is 3.32. The van der Waals surface area contributed by atoms with Gasteiger partial charge in [0, 0.05) is 12.6 Å². The summed E-state index contributed by atoms with van der Waals surface area (Å²) in [6.45, 7) is 2.86. The van der Waals surface area contributed by atoms with E-state index in [1.807, 2.05) is 24.3 Å². The van der Waals surface area contributed by atoms with Crippen LogP contribution in [0.5, 0.6) is 11.5 Å². The van der Waals surface area contributed by atoms with Gasteiger partial charge in [-0.3, -0.25) is 0 Å². The van der Waals surface area contributed by atoms with Gasteiger partial charge in [-0.2, -0.15) is 0 Å². The Morgan fingerprint density at radius 2 is 1.90 bits per heavy atom. The third kappa shape index (κ3) is 3.74. The Hall–Kier alpha value is -1.52. The monoisotopic (exact) mass is 335 g/mol. The highest BCUT2D eigenvalue weighted by molar-refractivity contribution is 9.10. The van der Waals surface area contributed by atoms with Gasteiger partial charge in [-0.25, -0.2) is 0 Å². The molecule has 0 aliphatic rings. The average Bonchev–Trinajstić information content (AvgIpc) is 2.48. The summed E-state index contributed by atoms with van der Waals surface area (Å²) < 4.78 is 5.87. The molecule has 0 aliphatic carbocycles. The Morgan fingerprint density at radius 3 is 2.50 bits per heavy atom. The molecule has 0 aromatic heterocycles. The van der Waals surface area contributed by atoms with Crippen LogP contribution in [-0.4, -0.2) is 12.2 Å². The van der Waals surface area contributed by atoms with E-state index >= 15 is 0 Å². The van der Waals surface area contributed by atoms with Crippen LogP contribution in [0.1, 0.15) is 24.1 Å². The van der Waals surface area contributed by atoms with Crippen molar-refractivity contribution < 1.29 is 9.84 Å². The van der Waals surface area contributed by atoms with Gasteiger partial charge >= 0.3 is 0 Å². The predicted octanol–water partition coefficient (Wildman–Crippen LogP) is 4.01. The van der Waals surface area contributed by atoms with Crippen LogP contribution in [-0.2, 0) is 6.54 Å². The van der Waals surface area contributed by atoms with Crippen LogP contribution in [0.3, 0.4) is 0 Å². The minimum Gasteiger partial charge on any atom is -0.507 e. The molecule has 2 rings (SSSR count). The van der Waals surface area contributed by atoms with E-state index in [9.17, 15) is 5.11 Å². The number of phenols is 1. The van der Waals surface area contributed by atoms with Crippen molar-refractivity contribution in [2.45, 2.75) is 19.5 Å². The van der Waals surface area contributed by atoms with Gasteiger partial charge < -0.3 is 15.2 Å². The standard InChI is InChI=1S/C16H18BrNO2/c1-11(13-4-6-14(20-2)7-5-13)18-10-12-3-8-16(19)15(17)9-12/h3-9,11,18-19H,10H2,1-2H3/t11-/m0/s1. The SMILES string of the molecule is COc1ccc([C@H](C)NCc2ccc(O)c(Br)c2)cc1. The molecule has 20 heavy (non-hydrogen) atoms. The van der Waals surface area contributed by atoms with E-state index in [0.29, 0.717) is 4.47 Å². The lowest BCUT2D eigenvalue weighted by Crippen LogP contribution is -2.17. The number of hydrogen-bond acceptors (Lipinski definition) is 3. The molecule has 0 unspecified atom stereocenters. The third-order valence-electron chi connectivity index (χ3n) is 3.24.